The lowest BCUT2D eigenvalue weighted by atomic mass is 9.97. The maximum Gasteiger partial charge on any atom is 0.245 e. The zero-order chi connectivity index (χ0) is 18.0. The first-order valence-electron chi connectivity index (χ1n) is 8.65. The Labute approximate surface area is 151 Å². The smallest absolute Gasteiger partial charge is 0.245 e. The highest BCUT2D eigenvalue weighted by molar-refractivity contribution is 6.13. The third-order valence-corrected chi connectivity index (χ3v) is 4.58. The molecule has 0 spiro atoms. The molecule has 0 aliphatic carbocycles. The summed E-state index contributed by atoms with van der Waals surface area (Å²) in [5.74, 6) is -1.10. The van der Waals surface area contributed by atoms with E-state index < -0.39 is 5.79 Å². The number of carbonyl (C=O) groups is 1. The van der Waals surface area contributed by atoms with E-state index in [1.54, 1.807) is 13.1 Å². The average Bonchev–Trinajstić information content (AvgIpc) is 3.07. The number of nitrogens with one attached hydrogen (secondary N) is 1. The zero-order valence-corrected chi connectivity index (χ0v) is 14.6. The molecule has 1 aliphatic heterocycles. The average molecular weight is 348 g/mol. The predicted molar refractivity (Wildman–Crippen MR) is 102 cm³/mol. The van der Waals surface area contributed by atoms with Crippen LogP contribution in [0.2, 0.25) is 0 Å². The molecule has 1 N–H and O–H groups in total. The highest BCUT2D eigenvalue weighted by Gasteiger charge is 2.33. The monoisotopic (exact) mass is 348 g/mol. The topological polar surface area (TPSA) is 59.9 Å². The number of hydrogen-bond acceptors (Lipinski definition) is 4. The van der Waals surface area contributed by atoms with Crippen molar-refractivity contribution < 1.29 is 14.3 Å². The van der Waals surface area contributed by atoms with E-state index in [9.17, 15) is 4.79 Å². The molecule has 0 saturated carbocycles. The number of hydrazone groups is 1. The van der Waals surface area contributed by atoms with Gasteiger partial charge in [0.2, 0.25) is 5.91 Å². The van der Waals surface area contributed by atoms with Crippen molar-refractivity contribution in [1.82, 2.24) is 5.43 Å². The number of fused-ring (bicyclic) bond motifs is 2. The molecule has 1 amide bonds. The second-order valence-electron chi connectivity index (χ2n) is 6.53. The molecule has 1 aliphatic rings. The lowest BCUT2D eigenvalue weighted by Gasteiger charge is -2.20. The Balaban J connectivity index is 1.61. The zero-order valence-electron chi connectivity index (χ0n) is 14.6. The molecule has 3 aromatic carbocycles. The summed E-state index contributed by atoms with van der Waals surface area (Å²) in [7, 11) is 0. The van der Waals surface area contributed by atoms with Crippen molar-refractivity contribution in [1.29, 1.82) is 0 Å². The Morgan fingerprint density at radius 1 is 1.08 bits per heavy atom. The molecule has 0 atom stereocenters. The summed E-state index contributed by atoms with van der Waals surface area (Å²) >= 11 is 0. The summed E-state index contributed by atoms with van der Waals surface area (Å²) in [6.45, 7) is 2.78. The summed E-state index contributed by atoms with van der Waals surface area (Å²) in [5.41, 5.74) is 3.57. The highest BCUT2D eigenvalue weighted by atomic mass is 16.7. The first-order chi connectivity index (χ1) is 12.6. The van der Waals surface area contributed by atoms with Gasteiger partial charge in [0.05, 0.1) is 25.8 Å². The minimum atomic E-state index is -0.855. The van der Waals surface area contributed by atoms with Crippen molar-refractivity contribution in [3.63, 3.8) is 0 Å². The van der Waals surface area contributed by atoms with Crippen LogP contribution in [0.15, 0.2) is 59.7 Å². The van der Waals surface area contributed by atoms with Gasteiger partial charge in [-0.2, -0.15) is 5.10 Å². The summed E-state index contributed by atoms with van der Waals surface area (Å²) in [6.07, 6.45) is 1.82. The van der Waals surface area contributed by atoms with Crippen molar-refractivity contribution in [2.24, 2.45) is 5.10 Å². The van der Waals surface area contributed by atoms with Gasteiger partial charge in [-0.25, -0.2) is 5.43 Å². The van der Waals surface area contributed by atoms with Crippen molar-refractivity contribution in [2.75, 3.05) is 13.2 Å². The van der Waals surface area contributed by atoms with Gasteiger partial charge in [-0.1, -0.05) is 48.5 Å². The first-order valence-corrected chi connectivity index (χ1v) is 8.65. The van der Waals surface area contributed by atoms with Gasteiger partial charge in [-0.15, -0.1) is 0 Å². The fraction of sp³-hybridized carbons (Fsp3) is 0.238. The largest absolute Gasteiger partial charge is 0.347 e. The minimum Gasteiger partial charge on any atom is -0.347 e. The third-order valence-electron chi connectivity index (χ3n) is 4.58. The molecule has 1 saturated heterocycles. The van der Waals surface area contributed by atoms with Crippen LogP contribution in [0.1, 0.15) is 18.9 Å². The lowest BCUT2D eigenvalue weighted by molar-refractivity contribution is -0.159. The number of ether oxygens (including phenoxy) is 2. The van der Waals surface area contributed by atoms with Crippen molar-refractivity contribution in [3.8, 4) is 0 Å². The van der Waals surface area contributed by atoms with E-state index in [1.807, 2.05) is 24.3 Å². The minimum absolute atomic E-state index is 0.112. The second-order valence-corrected chi connectivity index (χ2v) is 6.53. The Kier molecular flexibility index (Phi) is 4.41. The summed E-state index contributed by atoms with van der Waals surface area (Å²) < 4.78 is 10.9. The Morgan fingerprint density at radius 2 is 1.65 bits per heavy atom. The normalized spacial score (nSPS) is 16.5. The van der Waals surface area contributed by atoms with E-state index in [0.717, 1.165) is 27.1 Å². The van der Waals surface area contributed by atoms with Crippen LogP contribution < -0.4 is 5.43 Å². The van der Waals surface area contributed by atoms with Gasteiger partial charge in [0, 0.05) is 5.56 Å². The highest BCUT2D eigenvalue weighted by Crippen LogP contribution is 2.27. The molecule has 0 aromatic heterocycles. The van der Waals surface area contributed by atoms with E-state index in [1.165, 1.54) is 0 Å². The quantitative estimate of drug-likeness (QED) is 0.445. The van der Waals surface area contributed by atoms with Crippen LogP contribution in [0.25, 0.3) is 21.5 Å². The molecule has 5 nitrogen and oxygen atoms in total. The van der Waals surface area contributed by atoms with Gasteiger partial charge in [-0.3, -0.25) is 4.79 Å². The van der Waals surface area contributed by atoms with Gasteiger partial charge in [0.1, 0.15) is 0 Å². The first kappa shape index (κ1) is 16.7. The van der Waals surface area contributed by atoms with Crippen LogP contribution in [-0.4, -0.2) is 31.1 Å². The number of amides is 1. The molecular weight excluding hydrogens is 328 g/mol. The molecule has 0 radical (unpaired) electrons. The summed E-state index contributed by atoms with van der Waals surface area (Å²) in [5, 5.41) is 8.65. The van der Waals surface area contributed by atoms with Crippen molar-refractivity contribution >= 4 is 33.7 Å². The standard InChI is InChI=1S/C21H20N2O3/c1-21(25-10-11-26-21)13-20(24)23-22-14-19-17-8-4-2-6-15(17)12-16-7-3-5-9-18(16)19/h2-9,12,14H,10-11,13H2,1H3,(H,23,24)/b22-14-. The van der Waals surface area contributed by atoms with Crippen molar-refractivity contribution in [3.05, 3.63) is 60.2 Å². The summed E-state index contributed by atoms with van der Waals surface area (Å²) in [4.78, 5) is 12.1. The van der Waals surface area contributed by atoms with Gasteiger partial charge in [-0.05, 0) is 34.5 Å². The molecule has 1 heterocycles. The molecule has 132 valence electrons. The molecule has 0 bridgehead atoms. The Bertz CT molecular complexity index is 937. The predicted octanol–water partition coefficient (Wildman–Crippen LogP) is 3.60. The van der Waals surface area contributed by atoms with Crippen LogP contribution in [0.5, 0.6) is 0 Å². The lowest BCUT2D eigenvalue weighted by Crippen LogP contribution is -2.33. The van der Waals surface area contributed by atoms with E-state index in [-0.39, 0.29) is 12.3 Å². The van der Waals surface area contributed by atoms with Gasteiger partial charge in [0.15, 0.2) is 5.79 Å². The number of rotatable bonds is 4. The van der Waals surface area contributed by atoms with Crippen LogP contribution in [-0.2, 0) is 14.3 Å². The van der Waals surface area contributed by atoms with Crippen molar-refractivity contribution in [2.45, 2.75) is 19.1 Å². The number of benzene rings is 3. The number of nitrogens with zero attached hydrogens (tertiary/aromatic N) is 1. The van der Waals surface area contributed by atoms with E-state index in [0.29, 0.717) is 13.2 Å². The molecular formula is C21H20N2O3. The van der Waals surface area contributed by atoms with E-state index >= 15 is 0 Å². The van der Waals surface area contributed by atoms with Gasteiger partial charge >= 0.3 is 0 Å². The Morgan fingerprint density at radius 3 is 2.27 bits per heavy atom. The maximum atomic E-state index is 12.1. The Hall–Kier alpha value is -2.76. The maximum absolute atomic E-state index is 12.1. The molecule has 4 rings (SSSR count). The fourth-order valence-corrected chi connectivity index (χ4v) is 3.35. The van der Waals surface area contributed by atoms with E-state index in [2.05, 4.69) is 40.9 Å². The van der Waals surface area contributed by atoms with Crippen LogP contribution in [0, 0.1) is 0 Å². The second kappa shape index (κ2) is 6.86. The molecule has 3 aromatic rings. The molecule has 5 heteroatoms. The van der Waals surface area contributed by atoms with Crippen LogP contribution in [0.4, 0.5) is 0 Å². The van der Waals surface area contributed by atoms with Crippen LogP contribution >= 0.6 is 0 Å². The molecule has 26 heavy (non-hydrogen) atoms. The number of carbonyl (C=O) groups excluding carboxylic acids is 1. The van der Waals surface area contributed by atoms with E-state index in [4.69, 9.17) is 9.47 Å². The van der Waals surface area contributed by atoms with Crippen LogP contribution in [0.3, 0.4) is 0 Å². The molecule has 1 fully saturated rings. The van der Waals surface area contributed by atoms with Gasteiger partial charge in [0.25, 0.3) is 0 Å². The number of hydrogen-bond donors (Lipinski definition) is 1. The molecule has 0 unspecified atom stereocenters. The van der Waals surface area contributed by atoms with Gasteiger partial charge < -0.3 is 9.47 Å². The fourth-order valence-electron chi connectivity index (χ4n) is 3.35. The summed E-state index contributed by atoms with van der Waals surface area (Å²) in [6, 6.07) is 18.5. The SMILES string of the molecule is CC1(CC(=O)N/N=C\c2c3ccccc3cc3ccccc23)OCCO1. The third kappa shape index (κ3) is 3.31.